The molecule has 0 rings (SSSR count). The quantitative estimate of drug-likeness (QED) is 0.0276. The summed E-state index contributed by atoms with van der Waals surface area (Å²) >= 11 is 0. The van der Waals surface area contributed by atoms with E-state index in [1.807, 2.05) is 0 Å². The number of amides is 2. The normalized spacial score (nSPS) is 12.8. The number of esters is 1. The SMILES string of the molecule is CCCCC/C=C\C/C=C\CCCCCCCCCC(=O)OC(/C=C\CCCCCCCCC)CCCCCCCCC(=O)NCC(=O)NC(CO)C(=O)O. The van der Waals surface area contributed by atoms with Crippen LogP contribution in [0.5, 0.6) is 0 Å². The van der Waals surface area contributed by atoms with E-state index in [9.17, 15) is 19.2 Å². The van der Waals surface area contributed by atoms with E-state index in [4.69, 9.17) is 14.9 Å². The maximum absolute atomic E-state index is 12.8. The van der Waals surface area contributed by atoms with Crippen molar-refractivity contribution < 1.29 is 34.1 Å². The van der Waals surface area contributed by atoms with Crippen molar-refractivity contribution in [2.24, 2.45) is 0 Å². The van der Waals surface area contributed by atoms with Crippen molar-refractivity contribution in [2.45, 2.75) is 219 Å². The van der Waals surface area contributed by atoms with E-state index in [-0.39, 0.29) is 24.5 Å². The van der Waals surface area contributed by atoms with Gasteiger partial charge in [-0.05, 0) is 76.7 Å². The minimum atomic E-state index is -1.38. The Balaban J connectivity index is 4.25. The van der Waals surface area contributed by atoms with Gasteiger partial charge in [-0.2, -0.15) is 0 Å². The summed E-state index contributed by atoms with van der Waals surface area (Å²) in [6, 6.07) is -1.38. The van der Waals surface area contributed by atoms with Gasteiger partial charge in [-0.3, -0.25) is 14.4 Å². The maximum atomic E-state index is 12.8. The number of carboxylic acid groups (broad SMARTS) is 1. The van der Waals surface area contributed by atoms with Gasteiger partial charge in [0, 0.05) is 12.8 Å². The number of allylic oxidation sites excluding steroid dienone is 5. The van der Waals surface area contributed by atoms with Crippen molar-refractivity contribution in [1.82, 2.24) is 10.6 Å². The van der Waals surface area contributed by atoms with Gasteiger partial charge in [0.1, 0.15) is 12.1 Å². The van der Waals surface area contributed by atoms with Crippen LogP contribution in [0.3, 0.4) is 0 Å². The Morgan fingerprint density at radius 1 is 0.564 bits per heavy atom. The van der Waals surface area contributed by atoms with Gasteiger partial charge in [0.05, 0.1) is 13.2 Å². The first-order chi connectivity index (χ1) is 26.8. The zero-order chi connectivity index (χ0) is 40.5. The van der Waals surface area contributed by atoms with Gasteiger partial charge in [0.15, 0.2) is 0 Å². The molecule has 0 saturated heterocycles. The molecule has 0 fully saturated rings. The van der Waals surface area contributed by atoms with Gasteiger partial charge < -0.3 is 25.6 Å². The number of aliphatic carboxylic acids is 1. The van der Waals surface area contributed by atoms with E-state index in [1.165, 1.54) is 109 Å². The van der Waals surface area contributed by atoms with Crippen LogP contribution in [0.25, 0.3) is 0 Å². The molecule has 9 heteroatoms. The fourth-order valence-corrected chi connectivity index (χ4v) is 6.36. The molecule has 0 aliphatic heterocycles. The molecule has 318 valence electrons. The van der Waals surface area contributed by atoms with E-state index in [0.717, 1.165) is 64.2 Å². The van der Waals surface area contributed by atoms with Crippen LogP contribution in [0.1, 0.15) is 206 Å². The van der Waals surface area contributed by atoms with Crippen LogP contribution < -0.4 is 10.6 Å². The average molecular weight is 775 g/mol. The highest BCUT2D eigenvalue weighted by atomic mass is 16.5. The second-order valence-electron chi connectivity index (χ2n) is 15.1. The van der Waals surface area contributed by atoms with Crippen LogP contribution in [0.4, 0.5) is 0 Å². The molecular weight excluding hydrogens is 693 g/mol. The highest BCUT2D eigenvalue weighted by Crippen LogP contribution is 2.16. The Hall–Kier alpha value is -2.94. The zero-order valence-electron chi connectivity index (χ0n) is 35.2. The van der Waals surface area contributed by atoms with E-state index in [0.29, 0.717) is 19.3 Å². The molecular formula is C46H82N2O7. The summed E-state index contributed by atoms with van der Waals surface area (Å²) in [5.41, 5.74) is 0. The molecule has 0 heterocycles. The largest absolute Gasteiger partial charge is 0.480 e. The van der Waals surface area contributed by atoms with Gasteiger partial charge in [-0.25, -0.2) is 4.79 Å². The molecule has 0 aromatic carbocycles. The fraction of sp³-hybridized carbons (Fsp3) is 0.783. The minimum Gasteiger partial charge on any atom is -0.480 e. The van der Waals surface area contributed by atoms with Crippen LogP contribution in [0.15, 0.2) is 36.5 Å². The Bertz CT molecular complexity index is 1030. The number of aliphatic hydroxyl groups excluding tert-OH is 1. The first-order valence-corrected chi connectivity index (χ1v) is 22.4. The number of aliphatic hydroxyl groups is 1. The van der Waals surface area contributed by atoms with Gasteiger partial charge in [-0.1, -0.05) is 153 Å². The fourth-order valence-electron chi connectivity index (χ4n) is 6.36. The lowest BCUT2D eigenvalue weighted by atomic mass is 10.0. The lowest BCUT2D eigenvalue weighted by Gasteiger charge is -2.15. The van der Waals surface area contributed by atoms with Crippen LogP contribution in [0, 0.1) is 0 Å². The predicted molar refractivity (Wildman–Crippen MR) is 227 cm³/mol. The molecule has 0 radical (unpaired) electrons. The van der Waals surface area contributed by atoms with Crippen LogP contribution in [0.2, 0.25) is 0 Å². The third-order valence-electron chi connectivity index (χ3n) is 9.84. The smallest absolute Gasteiger partial charge is 0.328 e. The van der Waals surface area contributed by atoms with Crippen molar-refractivity contribution in [2.75, 3.05) is 13.2 Å². The summed E-state index contributed by atoms with van der Waals surface area (Å²) < 4.78 is 5.95. The summed E-state index contributed by atoms with van der Waals surface area (Å²) in [4.78, 5) is 47.5. The molecule has 4 N–H and O–H groups in total. The summed E-state index contributed by atoms with van der Waals surface area (Å²) in [6.45, 7) is 3.45. The van der Waals surface area contributed by atoms with E-state index < -0.39 is 24.5 Å². The van der Waals surface area contributed by atoms with Crippen molar-refractivity contribution in [3.8, 4) is 0 Å². The zero-order valence-corrected chi connectivity index (χ0v) is 35.2. The number of hydrogen-bond acceptors (Lipinski definition) is 6. The van der Waals surface area contributed by atoms with Gasteiger partial charge in [-0.15, -0.1) is 0 Å². The number of carboxylic acids is 1. The van der Waals surface area contributed by atoms with Gasteiger partial charge >= 0.3 is 11.9 Å². The Morgan fingerprint density at radius 3 is 1.60 bits per heavy atom. The molecule has 2 amide bonds. The number of unbranched alkanes of at least 4 members (excludes halogenated alkanes) is 22. The third kappa shape index (κ3) is 37.7. The van der Waals surface area contributed by atoms with Crippen LogP contribution >= 0.6 is 0 Å². The maximum Gasteiger partial charge on any atom is 0.328 e. The molecule has 2 atom stereocenters. The second kappa shape index (κ2) is 40.7. The average Bonchev–Trinajstić information content (AvgIpc) is 3.17. The Morgan fingerprint density at radius 2 is 1.04 bits per heavy atom. The highest BCUT2D eigenvalue weighted by Gasteiger charge is 2.18. The molecule has 0 aliphatic carbocycles. The number of carbonyl (C=O) groups excluding carboxylic acids is 3. The van der Waals surface area contributed by atoms with Gasteiger partial charge in [0.2, 0.25) is 11.8 Å². The first kappa shape index (κ1) is 52.1. The molecule has 0 aromatic rings. The number of hydrogen-bond donors (Lipinski definition) is 4. The van der Waals surface area contributed by atoms with Crippen molar-refractivity contribution in [3.63, 3.8) is 0 Å². The van der Waals surface area contributed by atoms with E-state index in [1.54, 1.807) is 0 Å². The lowest BCUT2D eigenvalue weighted by molar-refractivity contribution is -0.147. The molecule has 0 saturated carbocycles. The lowest BCUT2D eigenvalue weighted by Crippen LogP contribution is -2.47. The first-order valence-electron chi connectivity index (χ1n) is 22.4. The molecule has 2 unspecified atom stereocenters. The summed E-state index contributed by atoms with van der Waals surface area (Å²) in [5.74, 6) is -2.33. The van der Waals surface area contributed by atoms with Gasteiger partial charge in [0.25, 0.3) is 0 Å². The summed E-state index contributed by atoms with van der Waals surface area (Å²) in [6.07, 6.45) is 46.2. The van der Waals surface area contributed by atoms with Crippen molar-refractivity contribution in [3.05, 3.63) is 36.5 Å². The van der Waals surface area contributed by atoms with E-state index in [2.05, 4.69) is 60.9 Å². The molecule has 0 bridgehead atoms. The third-order valence-corrected chi connectivity index (χ3v) is 9.84. The molecule has 0 aromatic heterocycles. The monoisotopic (exact) mass is 775 g/mol. The molecule has 0 aliphatic rings. The predicted octanol–water partition coefficient (Wildman–Crippen LogP) is 11.0. The number of ether oxygens (including phenoxy) is 1. The van der Waals surface area contributed by atoms with Crippen LogP contribution in [-0.4, -0.2) is 59.3 Å². The molecule has 0 spiro atoms. The number of carbonyl (C=O) groups is 4. The summed E-state index contributed by atoms with van der Waals surface area (Å²) in [7, 11) is 0. The number of nitrogens with one attached hydrogen (secondary N) is 2. The highest BCUT2D eigenvalue weighted by molar-refractivity contribution is 5.87. The molecule has 55 heavy (non-hydrogen) atoms. The summed E-state index contributed by atoms with van der Waals surface area (Å²) in [5, 5.41) is 22.5. The van der Waals surface area contributed by atoms with E-state index >= 15 is 0 Å². The van der Waals surface area contributed by atoms with Crippen molar-refractivity contribution >= 4 is 23.8 Å². The van der Waals surface area contributed by atoms with Crippen LogP contribution in [-0.2, 0) is 23.9 Å². The Labute approximate surface area is 336 Å². The molecule has 9 nitrogen and oxygen atoms in total. The second-order valence-corrected chi connectivity index (χ2v) is 15.1. The standard InChI is InChI=1S/C46H82N2O7/c1-3-5-7-9-11-13-14-15-16-17-18-19-20-22-24-30-34-38-45(52)55-41(35-31-27-23-21-12-10-8-6-4-2)36-32-28-25-26-29-33-37-43(50)47-39-44(51)48-42(40-49)46(53)54/h11,13,15-16,31,35,41-42,49H,3-10,12,14,17-30,32-34,36-40H2,1-2H3,(H,47,50)(H,48,51)(H,53,54)/b13-11-,16-15-,35-31-. The number of rotatable bonds is 40. The van der Waals surface area contributed by atoms with Crippen molar-refractivity contribution in [1.29, 1.82) is 0 Å². The Kier molecular flexibility index (Phi) is 38.5. The minimum absolute atomic E-state index is 0.0842. The topological polar surface area (TPSA) is 142 Å².